The molecule has 4 nitrogen and oxygen atoms in total. The molecule has 0 saturated carbocycles. The van der Waals surface area contributed by atoms with Crippen molar-refractivity contribution in [1.29, 1.82) is 0 Å². The van der Waals surface area contributed by atoms with E-state index in [1.807, 2.05) is 43.3 Å². The average Bonchev–Trinajstić information content (AvgIpc) is 3.06. The van der Waals surface area contributed by atoms with Gasteiger partial charge < -0.3 is 9.73 Å². The molecule has 0 aliphatic carbocycles. The number of rotatable bonds is 3. The molecule has 112 valence electrons. The monoisotopic (exact) mass is 312 g/mol. The summed E-state index contributed by atoms with van der Waals surface area (Å²) in [4.78, 5) is 17.2. The zero-order chi connectivity index (χ0) is 15.5. The molecular formula is C17H16N2O2S. The summed E-state index contributed by atoms with van der Waals surface area (Å²) < 4.78 is 5.47. The molecule has 0 spiro atoms. The van der Waals surface area contributed by atoms with Gasteiger partial charge in [0, 0.05) is 6.08 Å². The van der Waals surface area contributed by atoms with E-state index in [0.717, 1.165) is 23.4 Å². The lowest BCUT2D eigenvalue weighted by Crippen LogP contribution is -2.19. The van der Waals surface area contributed by atoms with Gasteiger partial charge in [0.2, 0.25) is 0 Å². The average molecular weight is 312 g/mol. The van der Waals surface area contributed by atoms with Crippen molar-refractivity contribution in [2.75, 3.05) is 0 Å². The summed E-state index contributed by atoms with van der Waals surface area (Å²) in [5.74, 6) is 1.35. The van der Waals surface area contributed by atoms with Crippen molar-refractivity contribution in [2.45, 2.75) is 20.3 Å². The number of aliphatic imine (C=N–C) groups is 1. The maximum absolute atomic E-state index is 12.0. The number of aryl methyl sites for hydroxylation is 2. The van der Waals surface area contributed by atoms with E-state index < -0.39 is 0 Å². The predicted octanol–water partition coefficient (Wildman–Crippen LogP) is 4.04. The van der Waals surface area contributed by atoms with Gasteiger partial charge in [0.05, 0.1) is 10.6 Å². The Kier molecular flexibility index (Phi) is 4.15. The molecule has 0 atom stereocenters. The second-order valence-electron chi connectivity index (χ2n) is 4.91. The van der Waals surface area contributed by atoms with Gasteiger partial charge in [0.1, 0.15) is 11.5 Å². The Hall–Kier alpha value is -2.27. The van der Waals surface area contributed by atoms with Crippen LogP contribution < -0.4 is 5.32 Å². The van der Waals surface area contributed by atoms with Gasteiger partial charge in [-0.3, -0.25) is 4.79 Å². The molecule has 22 heavy (non-hydrogen) atoms. The molecule has 1 aliphatic rings. The Balaban J connectivity index is 1.85. The first-order chi connectivity index (χ1) is 10.7. The Morgan fingerprint density at radius 3 is 2.82 bits per heavy atom. The molecule has 1 aromatic heterocycles. The number of carbonyl (C=O) groups excluding carboxylic acids is 1. The third-order valence-corrected chi connectivity index (χ3v) is 4.19. The van der Waals surface area contributed by atoms with E-state index in [-0.39, 0.29) is 5.91 Å². The number of nitrogens with one attached hydrogen (secondary N) is 1. The van der Waals surface area contributed by atoms with Crippen molar-refractivity contribution in [3.8, 4) is 0 Å². The molecule has 0 unspecified atom stereocenters. The standard InChI is InChI=1S/C17H16N2O2S/c1-3-12-6-4-5-7-14(12)18-17-19-16(20)15(22-17)10-13-9-8-11(2)21-13/h4-10H,3H2,1-2H3,(H,18,19,20)/b15-10+. The van der Waals surface area contributed by atoms with Crippen LogP contribution in [0.2, 0.25) is 0 Å². The van der Waals surface area contributed by atoms with Crippen molar-refractivity contribution in [1.82, 2.24) is 5.32 Å². The number of benzene rings is 1. The summed E-state index contributed by atoms with van der Waals surface area (Å²) in [6.07, 6.45) is 2.64. The SMILES string of the molecule is CCc1ccccc1N=C1NC(=O)/C(=C\c2ccc(C)o2)S1. The zero-order valence-electron chi connectivity index (χ0n) is 12.4. The topological polar surface area (TPSA) is 54.6 Å². The smallest absolute Gasteiger partial charge is 0.264 e. The lowest BCUT2D eigenvalue weighted by molar-refractivity contribution is -0.115. The molecule has 2 aromatic rings. The number of furan rings is 1. The van der Waals surface area contributed by atoms with Gasteiger partial charge in [0.25, 0.3) is 5.91 Å². The van der Waals surface area contributed by atoms with Gasteiger partial charge >= 0.3 is 0 Å². The minimum absolute atomic E-state index is 0.146. The number of carbonyl (C=O) groups is 1. The highest BCUT2D eigenvalue weighted by atomic mass is 32.2. The van der Waals surface area contributed by atoms with Crippen molar-refractivity contribution in [3.05, 3.63) is 58.4 Å². The number of para-hydroxylation sites is 1. The van der Waals surface area contributed by atoms with Crippen LogP contribution in [-0.4, -0.2) is 11.1 Å². The first-order valence-electron chi connectivity index (χ1n) is 7.09. The summed E-state index contributed by atoms with van der Waals surface area (Å²) in [6, 6.07) is 11.7. The molecule has 1 fully saturated rings. The minimum Gasteiger partial charge on any atom is -0.462 e. The van der Waals surface area contributed by atoms with Crippen LogP contribution in [-0.2, 0) is 11.2 Å². The number of nitrogens with zero attached hydrogens (tertiary/aromatic N) is 1. The molecule has 3 rings (SSSR count). The summed E-state index contributed by atoms with van der Waals surface area (Å²) in [5.41, 5.74) is 2.05. The molecule has 0 bridgehead atoms. The number of amidine groups is 1. The fraction of sp³-hybridized carbons (Fsp3) is 0.176. The van der Waals surface area contributed by atoms with Crippen molar-refractivity contribution < 1.29 is 9.21 Å². The van der Waals surface area contributed by atoms with Crippen molar-refractivity contribution in [2.24, 2.45) is 4.99 Å². The molecule has 1 aliphatic heterocycles. The lowest BCUT2D eigenvalue weighted by Gasteiger charge is -2.02. The third-order valence-electron chi connectivity index (χ3n) is 3.28. The van der Waals surface area contributed by atoms with E-state index >= 15 is 0 Å². The van der Waals surface area contributed by atoms with E-state index in [9.17, 15) is 4.79 Å². The summed E-state index contributed by atoms with van der Waals surface area (Å²) in [7, 11) is 0. The number of amides is 1. The van der Waals surface area contributed by atoms with Gasteiger partial charge in [0.15, 0.2) is 5.17 Å². The Morgan fingerprint density at radius 2 is 2.09 bits per heavy atom. The fourth-order valence-corrected chi connectivity index (χ4v) is 2.98. The van der Waals surface area contributed by atoms with Crippen LogP contribution in [0.1, 0.15) is 24.0 Å². The highest BCUT2D eigenvalue weighted by molar-refractivity contribution is 8.18. The van der Waals surface area contributed by atoms with Gasteiger partial charge in [-0.2, -0.15) is 0 Å². The largest absolute Gasteiger partial charge is 0.462 e. The summed E-state index contributed by atoms with van der Waals surface area (Å²) >= 11 is 1.33. The Labute approximate surface area is 133 Å². The minimum atomic E-state index is -0.146. The van der Waals surface area contributed by atoms with Gasteiger partial charge in [-0.05, 0) is 48.9 Å². The first-order valence-corrected chi connectivity index (χ1v) is 7.91. The number of thioether (sulfide) groups is 1. The van der Waals surface area contributed by atoms with E-state index in [1.54, 1.807) is 6.08 Å². The molecule has 2 heterocycles. The van der Waals surface area contributed by atoms with Gasteiger partial charge in [-0.25, -0.2) is 4.99 Å². The van der Waals surface area contributed by atoms with E-state index in [0.29, 0.717) is 15.8 Å². The Morgan fingerprint density at radius 1 is 1.27 bits per heavy atom. The normalized spacial score (nSPS) is 18.2. The van der Waals surface area contributed by atoms with Crippen LogP contribution in [0.5, 0.6) is 0 Å². The van der Waals surface area contributed by atoms with Crippen LogP contribution in [0.4, 0.5) is 5.69 Å². The zero-order valence-corrected chi connectivity index (χ0v) is 13.2. The van der Waals surface area contributed by atoms with Gasteiger partial charge in [-0.15, -0.1) is 0 Å². The summed E-state index contributed by atoms with van der Waals surface area (Å²) in [5, 5.41) is 3.39. The maximum atomic E-state index is 12.0. The fourth-order valence-electron chi connectivity index (χ4n) is 2.17. The Bertz CT molecular complexity index is 774. The van der Waals surface area contributed by atoms with Crippen LogP contribution >= 0.6 is 11.8 Å². The van der Waals surface area contributed by atoms with Crippen LogP contribution in [0, 0.1) is 6.92 Å². The van der Waals surface area contributed by atoms with Gasteiger partial charge in [-0.1, -0.05) is 25.1 Å². The van der Waals surface area contributed by atoms with Crippen molar-refractivity contribution >= 4 is 34.6 Å². The molecule has 1 aromatic carbocycles. The highest BCUT2D eigenvalue weighted by Crippen LogP contribution is 2.29. The van der Waals surface area contributed by atoms with Crippen LogP contribution in [0.25, 0.3) is 6.08 Å². The van der Waals surface area contributed by atoms with E-state index in [1.165, 1.54) is 11.8 Å². The van der Waals surface area contributed by atoms with E-state index in [2.05, 4.69) is 17.2 Å². The maximum Gasteiger partial charge on any atom is 0.264 e. The molecule has 1 amide bonds. The van der Waals surface area contributed by atoms with Crippen LogP contribution in [0.15, 0.2) is 50.7 Å². The van der Waals surface area contributed by atoms with Crippen molar-refractivity contribution in [3.63, 3.8) is 0 Å². The quantitative estimate of drug-likeness (QED) is 0.870. The predicted molar refractivity (Wildman–Crippen MR) is 90.1 cm³/mol. The number of hydrogen-bond acceptors (Lipinski definition) is 4. The molecule has 1 N–H and O–H groups in total. The van der Waals surface area contributed by atoms with E-state index in [4.69, 9.17) is 4.42 Å². The number of hydrogen-bond donors (Lipinski definition) is 1. The second-order valence-corrected chi connectivity index (χ2v) is 5.94. The highest BCUT2D eigenvalue weighted by Gasteiger charge is 2.24. The molecule has 1 saturated heterocycles. The first kappa shape index (κ1) is 14.7. The molecule has 0 radical (unpaired) electrons. The van der Waals surface area contributed by atoms with Crippen LogP contribution in [0.3, 0.4) is 0 Å². The summed E-state index contributed by atoms with van der Waals surface area (Å²) in [6.45, 7) is 3.96. The molecule has 5 heteroatoms. The lowest BCUT2D eigenvalue weighted by atomic mass is 10.1. The second kappa shape index (κ2) is 6.23. The molecular weight excluding hydrogens is 296 g/mol. The third kappa shape index (κ3) is 3.14.